The van der Waals surface area contributed by atoms with Gasteiger partial charge in [0.1, 0.15) is 5.69 Å². The summed E-state index contributed by atoms with van der Waals surface area (Å²) < 4.78 is 5.60. The van der Waals surface area contributed by atoms with Gasteiger partial charge < -0.3 is 9.64 Å². The van der Waals surface area contributed by atoms with Gasteiger partial charge >= 0.3 is 0 Å². The van der Waals surface area contributed by atoms with Gasteiger partial charge in [-0.2, -0.15) is 5.10 Å². The highest BCUT2D eigenvalue weighted by atomic mass is 16.5. The number of hydrogen-bond donors (Lipinski definition) is 1. The fraction of sp³-hybridized carbons (Fsp3) is 0.407. The van der Waals surface area contributed by atoms with E-state index in [-0.39, 0.29) is 0 Å². The van der Waals surface area contributed by atoms with Crippen molar-refractivity contribution >= 4 is 5.69 Å². The van der Waals surface area contributed by atoms with E-state index in [1.54, 1.807) is 0 Å². The SMILES string of the molecule is Cc1cc(-c2n[nH]c(C)c2C#Cc2cccc(N3CCC4(CCOCC4)C3)c2)cc(C)n1. The van der Waals surface area contributed by atoms with Crippen molar-refractivity contribution in [3.05, 3.63) is 64.6 Å². The number of hydrogen-bond acceptors (Lipinski definition) is 4. The molecule has 0 atom stereocenters. The van der Waals surface area contributed by atoms with Crippen LogP contribution in [0.5, 0.6) is 0 Å². The lowest BCUT2D eigenvalue weighted by Gasteiger charge is -2.33. The summed E-state index contributed by atoms with van der Waals surface area (Å²) in [7, 11) is 0. The smallest absolute Gasteiger partial charge is 0.108 e. The van der Waals surface area contributed by atoms with Crippen LogP contribution in [0.15, 0.2) is 36.4 Å². The monoisotopic (exact) mass is 426 g/mol. The maximum atomic E-state index is 5.60. The normalized spacial score (nSPS) is 17.4. The Hall–Kier alpha value is -3.10. The first-order chi connectivity index (χ1) is 15.5. The van der Waals surface area contributed by atoms with Crippen LogP contribution < -0.4 is 4.90 Å². The highest BCUT2D eigenvalue weighted by Gasteiger charge is 2.39. The van der Waals surface area contributed by atoms with E-state index in [2.05, 4.69) is 68.3 Å². The number of pyridine rings is 1. The Bertz CT molecular complexity index is 1170. The Morgan fingerprint density at radius 3 is 2.56 bits per heavy atom. The summed E-state index contributed by atoms with van der Waals surface area (Å²) in [6.07, 6.45) is 3.62. The molecule has 2 saturated heterocycles. The summed E-state index contributed by atoms with van der Waals surface area (Å²) in [6.45, 7) is 10.1. The molecule has 1 N–H and O–H groups in total. The van der Waals surface area contributed by atoms with Crippen LogP contribution in [-0.4, -0.2) is 41.5 Å². The molecule has 2 fully saturated rings. The summed E-state index contributed by atoms with van der Waals surface area (Å²) in [5.74, 6) is 6.78. The first-order valence-corrected chi connectivity index (χ1v) is 11.5. The summed E-state index contributed by atoms with van der Waals surface area (Å²) >= 11 is 0. The molecule has 5 nitrogen and oxygen atoms in total. The van der Waals surface area contributed by atoms with E-state index >= 15 is 0 Å². The molecule has 0 bridgehead atoms. The van der Waals surface area contributed by atoms with Gasteiger partial charge in [-0.3, -0.25) is 10.1 Å². The maximum Gasteiger partial charge on any atom is 0.108 e. The molecule has 0 saturated carbocycles. The predicted molar refractivity (Wildman–Crippen MR) is 128 cm³/mol. The number of rotatable bonds is 2. The van der Waals surface area contributed by atoms with Crippen LogP contribution in [0.4, 0.5) is 5.69 Å². The summed E-state index contributed by atoms with van der Waals surface area (Å²) in [4.78, 5) is 7.00. The molecule has 32 heavy (non-hydrogen) atoms. The lowest BCUT2D eigenvalue weighted by atomic mass is 9.80. The Morgan fingerprint density at radius 1 is 1.00 bits per heavy atom. The third-order valence-corrected chi connectivity index (χ3v) is 6.84. The van der Waals surface area contributed by atoms with E-state index in [1.165, 1.54) is 24.9 Å². The number of H-pyrrole nitrogens is 1. The van der Waals surface area contributed by atoms with Crippen molar-refractivity contribution in [3.63, 3.8) is 0 Å². The van der Waals surface area contributed by atoms with Crippen LogP contribution in [-0.2, 0) is 4.74 Å². The number of nitrogens with one attached hydrogen (secondary N) is 1. The number of aryl methyl sites for hydroxylation is 3. The molecule has 4 heterocycles. The number of benzene rings is 1. The molecule has 2 aromatic heterocycles. The molecule has 1 spiro atoms. The van der Waals surface area contributed by atoms with Crippen molar-refractivity contribution in [2.45, 2.75) is 40.0 Å². The zero-order valence-electron chi connectivity index (χ0n) is 19.2. The lowest BCUT2D eigenvalue weighted by Crippen LogP contribution is -2.33. The van der Waals surface area contributed by atoms with E-state index in [9.17, 15) is 0 Å². The topological polar surface area (TPSA) is 54.0 Å². The fourth-order valence-corrected chi connectivity index (χ4v) is 5.05. The summed E-state index contributed by atoms with van der Waals surface area (Å²) in [5.41, 5.74) is 8.58. The second-order valence-corrected chi connectivity index (χ2v) is 9.30. The molecule has 2 aliphatic heterocycles. The van der Waals surface area contributed by atoms with Crippen molar-refractivity contribution < 1.29 is 4.74 Å². The summed E-state index contributed by atoms with van der Waals surface area (Å²) in [5, 5.41) is 7.64. The third kappa shape index (κ3) is 4.16. The molecule has 2 aliphatic rings. The summed E-state index contributed by atoms with van der Waals surface area (Å²) in [6, 6.07) is 12.8. The Labute approximate surface area is 190 Å². The second-order valence-electron chi connectivity index (χ2n) is 9.30. The Balaban J connectivity index is 1.40. The highest BCUT2D eigenvalue weighted by Crippen LogP contribution is 2.41. The van der Waals surface area contributed by atoms with Crippen molar-refractivity contribution in [1.29, 1.82) is 0 Å². The molecule has 5 rings (SSSR count). The molecule has 0 amide bonds. The van der Waals surface area contributed by atoms with Gasteiger partial charge in [0.25, 0.3) is 0 Å². The van der Waals surface area contributed by atoms with E-state index in [0.717, 1.165) is 65.8 Å². The average molecular weight is 427 g/mol. The van der Waals surface area contributed by atoms with Gasteiger partial charge in [0.2, 0.25) is 0 Å². The van der Waals surface area contributed by atoms with Crippen LogP contribution >= 0.6 is 0 Å². The van der Waals surface area contributed by atoms with E-state index in [1.807, 2.05) is 20.8 Å². The number of ether oxygens (including phenoxy) is 1. The lowest BCUT2D eigenvalue weighted by molar-refractivity contribution is 0.0254. The molecule has 0 aliphatic carbocycles. The minimum atomic E-state index is 0.434. The predicted octanol–water partition coefficient (Wildman–Crippen LogP) is 4.80. The van der Waals surface area contributed by atoms with Crippen molar-refractivity contribution in [2.75, 3.05) is 31.2 Å². The number of aromatic amines is 1. The minimum absolute atomic E-state index is 0.434. The standard InChI is InChI=1S/C27H30N4O/c1-19-15-23(16-20(2)28-19)26-25(21(3)29-30-26)8-7-22-5-4-6-24(17-22)31-12-9-27(18-31)10-13-32-14-11-27/h4-6,15-17H,9-14,18H2,1-3H3,(H,29,30). The van der Waals surface area contributed by atoms with Crippen LogP contribution in [0.2, 0.25) is 0 Å². The van der Waals surface area contributed by atoms with E-state index < -0.39 is 0 Å². The van der Waals surface area contributed by atoms with Crippen LogP contribution in [0.1, 0.15) is 47.5 Å². The Morgan fingerprint density at radius 2 is 1.78 bits per heavy atom. The number of aromatic nitrogens is 3. The molecule has 3 aromatic rings. The van der Waals surface area contributed by atoms with Gasteiger partial charge in [-0.25, -0.2) is 0 Å². The van der Waals surface area contributed by atoms with Gasteiger partial charge in [-0.1, -0.05) is 17.9 Å². The van der Waals surface area contributed by atoms with Gasteiger partial charge in [0.15, 0.2) is 0 Å². The third-order valence-electron chi connectivity index (χ3n) is 6.84. The van der Waals surface area contributed by atoms with Crippen molar-refractivity contribution in [2.24, 2.45) is 5.41 Å². The average Bonchev–Trinajstić information content (AvgIpc) is 3.36. The molecule has 0 radical (unpaired) electrons. The number of anilines is 1. The fourth-order valence-electron chi connectivity index (χ4n) is 5.05. The Kier molecular flexibility index (Phi) is 5.48. The van der Waals surface area contributed by atoms with Crippen LogP contribution in [0.3, 0.4) is 0 Å². The van der Waals surface area contributed by atoms with Gasteiger partial charge in [-0.15, -0.1) is 0 Å². The van der Waals surface area contributed by atoms with Crippen LogP contribution in [0, 0.1) is 38.0 Å². The maximum absolute atomic E-state index is 5.60. The highest BCUT2D eigenvalue weighted by molar-refractivity contribution is 5.69. The molecule has 0 unspecified atom stereocenters. The van der Waals surface area contributed by atoms with Crippen LogP contribution in [0.25, 0.3) is 11.3 Å². The zero-order valence-corrected chi connectivity index (χ0v) is 19.2. The van der Waals surface area contributed by atoms with E-state index in [0.29, 0.717) is 5.41 Å². The largest absolute Gasteiger partial charge is 0.381 e. The first-order valence-electron chi connectivity index (χ1n) is 11.5. The van der Waals surface area contributed by atoms with E-state index in [4.69, 9.17) is 4.74 Å². The minimum Gasteiger partial charge on any atom is -0.381 e. The number of nitrogens with zero attached hydrogens (tertiary/aromatic N) is 3. The molecule has 5 heteroatoms. The molecular formula is C27H30N4O. The second kappa shape index (κ2) is 8.44. The van der Waals surface area contributed by atoms with Gasteiger partial charge in [0.05, 0.1) is 5.56 Å². The quantitative estimate of drug-likeness (QED) is 0.598. The van der Waals surface area contributed by atoms with Gasteiger partial charge in [0, 0.05) is 60.2 Å². The molecule has 164 valence electrons. The molecular weight excluding hydrogens is 396 g/mol. The van der Waals surface area contributed by atoms with Gasteiger partial charge in [-0.05, 0) is 75.8 Å². The van der Waals surface area contributed by atoms with Crippen molar-refractivity contribution in [1.82, 2.24) is 15.2 Å². The molecule has 1 aromatic carbocycles. The first kappa shape index (κ1) is 20.8. The zero-order chi connectivity index (χ0) is 22.1. The van der Waals surface area contributed by atoms with Crippen molar-refractivity contribution in [3.8, 4) is 23.1 Å².